The van der Waals surface area contributed by atoms with Crippen molar-refractivity contribution in [3.05, 3.63) is 24.6 Å². The zero-order valence-electron chi connectivity index (χ0n) is 9.20. The fourth-order valence-corrected chi connectivity index (χ4v) is 0.853. The molecular weight excluding hydrogens is 173 g/mol. The molecule has 0 bridgehead atoms. The Hall–Kier alpha value is -0.653. The molecule has 1 aliphatic rings. The van der Waals surface area contributed by atoms with Gasteiger partial charge in [-0.3, -0.25) is 0 Å². The largest absolute Gasteiger partial charge is 1.00 e. The van der Waals surface area contributed by atoms with E-state index < -0.39 is 5.60 Å². The molecule has 72 valence electrons. The van der Waals surface area contributed by atoms with Crippen molar-refractivity contribution < 1.29 is 28.4 Å². The van der Waals surface area contributed by atoms with Crippen molar-refractivity contribution in [2.75, 3.05) is 0 Å². The summed E-state index contributed by atoms with van der Waals surface area (Å²) in [5.74, 6) is 0. The summed E-state index contributed by atoms with van der Waals surface area (Å²) in [5.41, 5.74) is -0.454. The van der Waals surface area contributed by atoms with Crippen molar-refractivity contribution in [2.24, 2.45) is 0 Å². The number of carbonyl (C=O) groups excluding carboxylic acids is 1. The van der Waals surface area contributed by atoms with Gasteiger partial charge in [-0.2, -0.15) is 0 Å². The van der Waals surface area contributed by atoms with E-state index in [0.717, 1.165) is 6.42 Å². The molecule has 14 heavy (non-hydrogen) atoms. The molecule has 0 aliphatic carbocycles. The van der Waals surface area contributed by atoms with E-state index in [9.17, 15) is 4.79 Å². The second-order valence-electron chi connectivity index (χ2n) is 3.80. The molecule has 0 radical (unpaired) electrons. The van der Waals surface area contributed by atoms with E-state index in [-0.39, 0.29) is 25.0 Å². The number of hydrogen-bond donors (Lipinski definition) is 0. The zero-order chi connectivity index (χ0) is 9.90. The molecule has 0 aromatic heterocycles. The van der Waals surface area contributed by atoms with Crippen LogP contribution in [0.1, 0.15) is 27.2 Å². The Labute approximate surface area is 97.0 Å². The van der Waals surface area contributed by atoms with Gasteiger partial charge in [0.05, 0.1) is 5.60 Å². The first kappa shape index (κ1) is 13.3. The Balaban J connectivity index is 0.00000169. The Kier molecular flexibility index (Phi) is 5.04. The molecule has 1 aliphatic heterocycles. The van der Waals surface area contributed by atoms with Gasteiger partial charge in [-0.05, 0) is 27.2 Å². The fourth-order valence-electron chi connectivity index (χ4n) is 0.853. The van der Waals surface area contributed by atoms with Gasteiger partial charge in [0.25, 0.3) is 6.09 Å². The van der Waals surface area contributed by atoms with E-state index in [1.54, 1.807) is 12.3 Å². The van der Waals surface area contributed by atoms with Crippen LogP contribution in [0.2, 0.25) is 0 Å². The van der Waals surface area contributed by atoms with Crippen LogP contribution in [0, 0.1) is 6.20 Å². The molecular formula is C10H14LiNO2. The Morgan fingerprint density at radius 1 is 1.50 bits per heavy atom. The molecule has 1 amide bonds. The molecule has 0 N–H and O–H groups in total. The third-order valence-electron chi connectivity index (χ3n) is 1.33. The number of amides is 1. The minimum atomic E-state index is -0.454. The van der Waals surface area contributed by atoms with Gasteiger partial charge in [-0.25, -0.2) is 0 Å². The molecule has 0 aromatic carbocycles. The summed E-state index contributed by atoms with van der Waals surface area (Å²) < 4.78 is 5.13. The molecule has 3 nitrogen and oxygen atoms in total. The summed E-state index contributed by atoms with van der Waals surface area (Å²) in [6.45, 7) is 5.51. The van der Waals surface area contributed by atoms with E-state index in [4.69, 9.17) is 4.74 Å². The average Bonchev–Trinajstić information content (AvgIpc) is 2.03. The van der Waals surface area contributed by atoms with Crippen molar-refractivity contribution in [3.63, 3.8) is 0 Å². The van der Waals surface area contributed by atoms with Crippen LogP contribution in [0.5, 0.6) is 0 Å². The SMILES string of the molecule is CC(C)(C)OC(=O)N1[C-]=CCC=C1.[Li+]. The van der Waals surface area contributed by atoms with Crippen LogP contribution in [0.15, 0.2) is 18.4 Å². The molecule has 0 saturated heterocycles. The topological polar surface area (TPSA) is 29.5 Å². The number of hydrogen-bond acceptors (Lipinski definition) is 2. The van der Waals surface area contributed by atoms with Crippen LogP contribution in [0.25, 0.3) is 0 Å². The Morgan fingerprint density at radius 3 is 2.57 bits per heavy atom. The normalized spacial score (nSPS) is 14.9. The summed E-state index contributed by atoms with van der Waals surface area (Å²) >= 11 is 0. The molecule has 1 heterocycles. The van der Waals surface area contributed by atoms with E-state index >= 15 is 0 Å². The summed E-state index contributed by atoms with van der Waals surface area (Å²) in [5, 5.41) is 0. The standard InChI is InChI=1S/C10H14NO2.Li/c1-10(2,3)13-9(12)11-7-5-4-6-8-11;/h5-7H,4H2,1-3H3;/q-1;+1. The van der Waals surface area contributed by atoms with Crippen molar-refractivity contribution in [1.82, 2.24) is 4.90 Å². The van der Waals surface area contributed by atoms with Gasteiger partial charge in [0.1, 0.15) is 0 Å². The van der Waals surface area contributed by atoms with Gasteiger partial charge in [0.15, 0.2) is 0 Å². The Morgan fingerprint density at radius 2 is 2.14 bits per heavy atom. The second kappa shape index (κ2) is 5.28. The average molecular weight is 187 g/mol. The van der Waals surface area contributed by atoms with Gasteiger partial charge in [0.2, 0.25) is 0 Å². The smallest absolute Gasteiger partial charge is 0.502 e. The van der Waals surface area contributed by atoms with Crippen LogP contribution < -0.4 is 18.9 Å². The van der Waals surface area contributed by atoms with Gasteiger partial charge < -0.3 is 14.4 Å². The van der Waals surface area contributed by atoms with Crippen LogP contribution in [-0.4, -0.2) is 16.6 Å². The summed E-state index contributed by atoms with van der Waals surface area (Å²) in [4.78, 5) is 12.7. The minimum absolute atomic E-state index is 0. The van der Waals surface area contributed by atoms with Gasteiger partial charge in [-0.15, -0.1) is 12.2 Å². The maximum atomic E-state index is 11.4. The number of allylic oxidation sites excluding steroid dienone is 2. The predicted molar refractivity (Wildman–Crippen MR) is 49.6 cm³/mol. The first-order chi connectivity index (χ1) is 5.99. The van der Waals surface area contributed by atoms with Crippen LogP contribution in [0.3, 0.4) is 0 Å². The minimum Gasteiger partial charge on any atom is -0.502 e. The molecule has 0 aromatic rings. The first-order valence-electron chi connectivity index (χ1n) is 4.26. The summed E-state index contributed by atoms with van der Waals surface area (Å²) in [7, 11) is 0. The molecule has 0 saturated carbocycles. The zero-order valence-corrected chi connectivity index (χ0v) is 9.20. The van der Waals surface area contributed by atoms with Crippen LogP contribution in [-0.2, 0) is 4.74 Å². The van der Waals surface area contributed by atoms with Crippen molar-refractivity contribution >= 4 is 6.09 Å². The van der Waals surface area contributed by atoms with Gasteiger partial charge in [-0.1, -0.05) is 12.4 Å². The first-order valence-corrected chi connectivity index (χ1v) is 4.26. The van der Waals surface area contributed by atoms with E-state index in [1.165, 1.54) is 4.90 Å². The summed E-state index contributed by atoms with van der Waals surface area (Å²) in [6, 6.07) is 0. The van der Waals surface area contributed by atoms with E-state index in [0.29, 0.717) is 0 Å². The third-order valence-corrected chi connectivity index (χ3v) is 1.33. The Bertz CT molecular complexity index is 241. The quantitative estimate of drug-likeness (QED) is 0.376. The van der Waals surface area contributed by atoms with Crippen molar-refractivity contribution in [2.45, 2.75) is 32.8 Å². The predicted octanol–water partition coefficient (Wildman–Crippen LogP) is -0.538. The molecule has 4 heteroatoms. The molecule has 0 spiro atoms. The number of nitrogens with zero attached hydrogens (tertiary/aromatic N) is 1. The number of ether oxygens (including phenoxy) is 1. The number of carbonyl (C=O) groups is 1. The van der Waals surface area contributed by atoms with Crippen molar-refractivity contribution in [3.8, 4) is 0 Å². The van der Waals surface area contributed by atoms with Gasteiger partial charge in [0, 0.05) is 0 Å². The summed E-state index contributed by atoms with van der Waals surface area (Å²) in [6.07, 6.45) is 8.54. The maximum absolute atomic E-state index is 11.4. The fraction of sp³-hybridized carbons (Fsp3) is 0.500. The third kappa shape index (κ3) is 4.55. The number of rotatable bonds is 0. The molecule has 0 atom stereocenters. The monoisotopic (exact) mass is 187 g/mol. The van der Waals surface area contributed by atoms with E-state index in [1.807, 2.05) is 26.8 Å². The van der Waals surface area contributed by atoms with Gasteiger partial charge >= 0.3 is 18.9 Å². The molecule has 1 rings (SSSR count). The van der Waals surface area contributed by atoms with E-state index in [2.05, 4.69) is 6.20 Å². The molecule has 0 unspecified atom stereocenters. The maximum Gasteiger partial charge on any atom is 1.00 e. The van der Waals surface area contributed by atoms with Crippen LogP contribution >= 0.6 is 0 Å². The second-order valence-corrected chi connectivity index (χ2v) is 3.80. The van der Waals surface area contributed by atoms with Crippen LogP contribution in [0.4, 0.5) is 4.79 Å². The van der Waals surface area contributed by atoms with Crippen molar-refractivity contribution in [1.29, 1.82) is 0 Å². The molecule has 0 fully saturated rings.